The van der Waals surface area contributed by atoms with Crippen molar-refractivity contribution in [2.24, 2.45) is 7.05 Å². The highest BCUT2D eigenvalue weighted by Crippen LogP contribution is 2.35. The van der Waals surface area contributed by atoms with Gasteiger partial charge >= 0.3 is 6.36 Å². The Morgan fingerprint density at radius 3 is 2.59 bits per heavy atom. The normalized spacial score (nSPS) is 14.2. The number of alkyl halides is 3. The Balaban J connectivity index is 1.83. The Labute approximate surface area is 150 Å². The van der Waals surface area contributed by atoms with E-state index in [0.717, 1.165) is 17.0 Å². The van der Waals surface area contributed by atoms with Crippen LogP contribution >= 0.6 is 0 Å². The lowest BCUT2D eigenvalue weighted by Gasteiger charge is -2.15. The molecule has 0 fully saturated rings. The quantitative estimate of drug-likeness (QED) is 0.643. The Morgan fingerprint density at radius 2 is 1.89 bits per heavy atom. The number of nitrogens with zero attached hydrogens (tertiary/aromatic N) is 4. The van der Waals surface area contributed by atoms with Gasteiger partial charge in [-0.2, -0.15) is 5.10 Å². The molecule has 0 aliphatic carbocycles. The van der Waals surface area contributed by atoms with Gasteiger partial charge in [-0.1, -0.05) is 6.07 Å². The Hall–Kier alpha value is -3.43. The summed E-state index contributed by atoms with van der Waals surface area (Å²) in [6.07, 6.45) is -3.61. The zero-order valence-corrected chi connectivity index (χ0v) is 14.0. The summed E-state index contributed by atoms with van der Waals surface area (Å²) in [6, 6.07) is 4.69. The van der Waals surface area contributed by atoms with Gasteiger partial charge in [0.1, 0.15) is 5.75 Å². The van der Waals surface area contributed by atoms with Crippen LogP contribution in [0.15, 0.2) is 30.5 Å². The average Bonchev–Trinajstić information content (AvgIpc) is 3.00. The molecule has 0 saturated carbocycles. The number of hydrogen-bond donors (Lipinski definition) is 0. The van der Waals surface area contributed by atoms with Gasteiger partial charge in [0, 0.05) is 19.3 Å². The number of ether oxygens (including phenoxy) is 1. The number of amides is 2. The maximum atomic E-state index is 13.0. The molecule has 0 atom stereocenters. The summed E-state index contributed by atoms with van der Waals surface area (Å²) >= 11 is 0. The highest BCUT2D eigenvalue weighted by Gasteiger charge is 2.40. The number of aromatic nitrogens is 3. The lowest BCUT2D eigenvalue weighted by atomic mass is 10.1. The van der Waals surface area contributed by atoms with E-state index in [1.807, 2.05) is 0 Å². The largest absolute Gasteiger partial charge is 0.573 e. The van der Waals surface area contributed by atoms with Gasteiger partial charge in [-0.15, -0.1) is 13.2 Å². The molecule has 0 bridgehead atoms. The number of halogens is 3. The van der Waals surface area contributed by atoms with Crippen LogP contribution in [-0.4, -0.2) is 32.9 Å². The molecule has 7 nitrogen and oxygen atoms in total. The molecule has 1 aromatic carbocycles. The summed E-state index contributed by atoms with van der Waals surface area (Å²) in [7, 11) is 1.66. The van der Waals surface area contributed by atoms with Gasteiger partial charge in [0.2, 0.25) is 0 Å². The van der Waals surface area contributed by atoms with E-state index in [9.17, 15) is 22.8 Å². The molecule has 3 aromatic rings. The first kappa shape index (κ1) is 17.0. The minimum atomic E-state index is -4.89. The van der Waals surface area contributed by atoms with E-state index in [2.05, 4.69) is 14.8 Å². The van der Waals surface area contributed by atoms with Gasteiger partial charge in [0.25, 0.3) is 11.8 Å². The highest BCUT2D eigenvalue weighted by molar-refractivity contribution is 6.37. The first-order valence-corrected chi connectivity index (χ1v) is 7.74. The first-order chi connectivity index (χ1) is 12.7. The van der Waals surface area contributed by atoms with E-state index in [4.69, 9.17) is 0 Å². The molecule has 138 valence electrons. The number of aryl methyl sites for hydroxylation is 2. The van der Waals surface area contributed by atoms with Crippen molar-refractivity contribution in [2.45, 2.75) is 13.3 Å². The number of carbonyl (C=O) groups excluding carboxylic acids is 2. The SMILES string of the molecule is Cc1nn(C)c2ncc3c(c12)C(=O)N(c1cccc(OC(F)(F)F)c1)C3=O. The van der Waals surface area contributed by atoms with Crippen molar-refractivity contribution in [3.63, 3.8) is 0 Å². The van der Waals surface area contributed by atoms with Crippen LogP contribution in [0.25, 0.3) is 11.0 Å². The van der Waals surface area contributed by atoms with Crippen LogP contribution in [0, 0.1) is 6.92 Å². The van der Waals surface area contributed by atoms with Crippen LogP contribution in [0.1, 0.15) is 26.4 Å². The maximum absolute atomic E-state index is 13.0. The number of hydrogen-bond acceptors (Lipinski definition) is 5. The topological polar surface area (TPSA) is 77.3 Å². The van der Waals surface area contributed by atoms with Gasteiger partial charge < -0.3 is 4.74 Å². The van der Waals surface area contributed by atoms with E-state index in [0.29, 0.717) is 16.7 Å². The number of pyridine rings is 1. The summed E-state index contributed by atoms with van der Waals surface area (Å²) in [6.45, 7) is 1.68. The van der Waals surface area contributed by atoms with Crippen LogP contribution in [0.5, 0.6) is 5.75 Å². The monoisotopic (exact) mass is 376 g/mol. The van der Waals surface area contributed by atoms with Crippen LogP contribution in [0.4, 0.5) is 18.9 Å². The van der Waals surface area contributed by atoms with Crippen molar-refractivity contribution in [3.05, 3.63) is 47.3 Å². The number of benzene rings is 1. The highest BCUT2D eigenvalue weighted by atomic mass is 19.4. The third-order valence-electron chi connectivity index (χ3n) is 4.19. The predicted molar refractivity (Wildman–Crippen MR) is 87.5 cm³/mol. The van der Waals surface area contributed by atoms with Gasteiger partial charge in [-0.3, -0.25) is 14.3 Å². The molecule has 4 rings (SSSR count). The van der Waals surface area contributed by atoms with Gasteiger partial charge in [-0.05, 0) is 19.1 Å². The molecular weight excluding hydrogens is 365 g/mol. The van der Waals surface area contributed by atoms with E-state index >= 15 is 0 Å². The molecule has 10 heteroatoms. The van der Waals surface area contributed by atoms with E-state index < -0.39 is 23.9 Å². The third-order valence-corrected chi connectivity index (χ3v) is 4.19. The standard InChI is InChI=1S/C17H11F3N4O3/c1-8-12-13-11(7-21-14(12)23(2)22-8)15(25)24(16(13)26)9-4-3-5-10(6-9)27-17(18,19)20/h3-7H,1-2H3. The molecule has 0 radical (unpaired) electrons. The van der Waals surface area contributed by atoms with Gasteiger partial charge in [0.15, 0.2) is 5.65 Å². The summed E-state index contributed by atoms with van der Waals surface area (Å²) in [4.78, 5) is 30.7. The molecule has 2 amide bonds. The number of anilines is 1. The minimum Gasteiger partial charge on any atom is -0.406 e. The van der Waals surface area contributed by atoms with Crippen LogP contribution in [0.3, 0.4) is 0 Å². The summed E-state index contributed by atoms with van der Waals surface area (Å²) < 4.78 is 42.7. The van der Waals surface area contributed by atoms with Crippen molar-refractivity contribution >= 4 is 28.5 Å². The van der Waals surface area contributed by atoms with E-state index in [-0.39, 0.29) is 16.8 Å². The molecule has 0 unspecified atom stereocenters. The zero-order chi connectivity index (χ0) is 19.5. The summed E-state index contributed by atoms with van der Waals surface area (Å²) in [5.74, 6) is -1.85. The molecule has 2 aromatic heterocycles. The fourth-order valence-electron chi connectivity index (χ4n) is 3.17. The van der Waals surface area contributed by atoms with Gasteiger partial charge in [0.05, 0.1) is 27.9 Å². The average molecular weight is 376 g/mol. The van der Waals surface area contributed by atoms with Crippen LogP contribution < -0.4 is 9.64 Å². The smallest absolute Gasteiger partial charge is 0.406 e. The summed E-state index contributed by atoms with van der Waals surface area (Å²) in [5, 5.41) is 4.65. The second-order valence-corrected chi connectivity index (χ2v) is 5.95. The van der Waals surface area contributed by atoms with Crippen molar-refractivity contribution < 1.29 is 27.5 Å². The number of imide groups is 1. The molecule has 1 aliphatic heterocycles. The van der Waals surface area contributed by atoms with Crippen molar-refractivity contribution in [1.82, 2.24) is 14.8 Å². The number of fused-ring (bicyclic) bond motifs is 3. The Morgan fingerprint density at radius 1 is 1.15 bits per heavy atom. The van der Waals surface area contributed by atoms with Gasteiger partial charge in [-0.25, -0.2) is 9.88 Å². The molecule has 0 saturated heterocycles. The molecule has 0 N–H and O–H groups in total. The third kappa shape index (κ3) is 2.60. The number of carbonyl (C=O) groups is 2. The predicted octanol–water partition coefficient (Wildman–Crippen LogP) is 2.98. The molecule has 27 heavy (non-hydrogen) atoms. The lowest BCUT2D eigenvalue weighted by Crippen LogP contribution is -2.29. The Kier molecular flexibility index (Phi) is 3.48. The molecular formula is C17H11F3N4O3. The van der Waals surface area contributed by atoms with Crippen molar-refractivity contribution in [3.8, 4) is 5.75 Å². The lowest BCUT2D eigenvalue weighted by molar-refractivity contribution is -0.274. The molecule has 3 heterocycles. The second kappa shape index (κ2) is 5.53. The second-order valence-electron chi connectivity index (χ2n) is 5.95. The molecule has 1 aliphatic rings. The van der Waals surface area contributed by atoms with Crippen LogP contribution in [0.2, 0.25) is 0 Å². The van der Waals surface area contributed by atoms with Crippen molar-refractivity contribution in [2.75, 3.05) is 4.90 Å². The fraction of sp³-hybridized carbons (Fsp3) is 0.176. The molecule has 0 spiro atoms. The number of rotatable bonds is 2. The minimum absolute atomic E-state index is 0.0300. The fourth-order valence-corrected chi connectivity index (χ4v) is 3.17. The Bertz CT molecular complexity index is 1120. The van der Waals surface area contributed by atoms with E-state index in [1.165, 1.54) is 23.0 Å². The van der Waals surface area contributed by atoms with Crippen molar-refractivity contribution in [1.29, 1.82) is 0 Å². The maximum Gasteiger partial charge on any atom is 0.573 e. The summed E-state index contributed by atoms with van der Waals surface area (Å²) in [5.41, 5.74) is 1.14. The first-order valence-electron chi connectivity index (χ1n) is 7.74. The zero-order valence-electron chi connectivity index (χ0n) is 14.0. The van der Waals surface area contributed by atoms with Crippen LogP contribution in [-0.2, 0) is 7.05 Å². The van der Waals surface area contributed by atoms with E-state index in [1.54, 1.807) is 14.0 Å².